The van der Waals surface area contributed by atoms with Crippen molar-refractivity contribution in [2.24, 2.45) is 0 Å². The van der Waals surface area contributed by atoms with E-state index >= 15 is 0 Å². The summed E-state index contributed by atoms with van der Waals surface area (Å²) in [5, 5.41) is 7.57. The van der Waals surface area contributed by atoms with Gasteiger partial charge >= 0.3 is 75.5 Å². The van der Waals surface area contributed by atoms with Crippen molar-refractivity contribution in [1.29, 1.82) is 0 Å². The van der Waals surface area contributed by atoms with Gasteiger partial charge in [0.05, 0.1) is 0 Å². The molecule has 0 rings (SSSR count). The van der Waals surface area contributed by atoms with E-state index in [-0.39, 0.29) is 6.61 Å². The normalized spacial score (nSPS) is 8.92. The molecule has 0 spiro atoms. The zero-order chi connectivity index (χ0) is 10.5. The smallest absolute Gasteiger partial charge is 0.0402 e. The van der Waals surface area contributed by atoms with Crippen molar-refractivity contribution in [3.8, 4) is 0 Å². The van der Waals surface area contributed by atoms with E-state index < -0.39 is 17.8 Å². The molecule has 1 nitrogen and oxygen atoms in total. The first-order valence-corrected chi connectivity index (χ1v) is 13.3. The maximum absolute atomic E-state index is 7.57. The Morgan fingerprint density at radius 3 is 1.54 bits per heavy atom. The minimum Gasteiger partial charge on any atom is -0.397 e. The van der Waals surface area contributed by atoms with E-state index in [0.717, 1.165) is 0 Å². The van der Waals surface area contributed by atoms with Crippen molar-refractivity contribution < 1.29 is 5.11 Å². The topological polar surface area (TPSA) is 20.2 Å². The minimum atomic E-state index is -1.16. The van der Waals surface area contributed by atoms with Crippen LogP contribution in [0.15, 0.2) is 0 Å². The van der Waals surface area contributed by atoms with E-state index in [0.29, 0.717) is 0 Å². The van der Waals surface area contributed by atoms with Gasteiger partial charge in [-0.15, -0.1) is 0 Å². The summed E-state index contributed by atoms with van der Waals surface area (Å²) in [6, 6.07) is 0. The fourth-order valence-corrected chi connectivity index (χ4v) is 7.79. The summed E-state index contributed by atoms with van der Waals surface area (Å²) in [7, 11) is 5.46. The zero-order valence-electron chi connectivity index (χ0n) is 9.31. The van der Waals surface area contributed by atoms with Crippen LogP contribution in [0, 0.1) is 0 Å². The van der Waals surface area contributed by atoms with E-state index in [4.69, 9.17) is 14.4 Å². The first-order valence-electron chi connectivity index (χ1n) is 5.35. The van der Waals surface area contributed by atoms with Crippen LogP contribution in [0.4, 0.5) is 0 Å². The molecular weight excluding hydrogens is 287 g/mol. The second kappa shape index (κ2) is 15.5. The molecule has 0 saturated carbocycles. The van der Waals surface area contributed by atoms with Crippen molar-refractivity contribution in [2.45, 2.75) is 55.3 Å². The maximum Gasteiger partial charge on any atom is 0.0402 e. The molecule has 0 amide bonds. The van der Waals surface area contributed by atoms with Crippen LogP contribution < -0.4 is 0 Å². The number of unbranched alkanes of at least 4 members (excludes halogenated alkanes) is 2. The molecule has 0 aromatic carbocycles. The standard InChI is InChI=1S/2C4H9.C2H6O.S.Sn/c2*1-3-4-2;1-2-3;;/h2*1,3-4H2,2H3;3H,2H2,1H3;;. The maximum atomic E-state index is 7.57. The third-order valence-electron chi connectivity index (χ3n) is 1.62. The molecule has 0 radical (unpaired) electrons. The first kappa shape index (κ1) is 16.4. The summed E-state index contributed by atoms with van der Waals surface area (Å²) < 4.78 is 2.90. The molecule has 0 aliphatic carbocycles. The average Bonchev–Trinajstić information content (AvgIpc) is 2.12. The Bertz CT molecular complexity index is 97.1. The van der Waals surface area contributed by atoms with Crippen molar-refractivity contribution in [3.63, 3.8) is 0 Å². The van der Waals surface area contributed by atoms with Crippen LogP contribution in [0.3, 0.4) is 0 Å². The van der Waals surface area contributed by atoms with Crippen LogP contribution in [0.25, 0.3) is 0 Å². The molecule has 0 heterocycles. The van der Waals surface area contributed by atoms with E-state index in [2.05, 4.69) is 13.8 Å². The van der Waals surface area contributed by atoms with Crippen molar-refractivity contribution >= 4 is 27.1 Å². The Balaban J connectivity index is 0. The van der Waals surface area contributed by atoms with Crippen LogP contribution in [-0.2, 0) is 0 Å². The number of hydrogen-bond acceptors (Lipinski definition) is 2. The number of hydrogen-bond donors (Lipinski definition) is 1. The first-order chi connectivity index (χ1) is 6.22. The van der Waals surface area contributed by atoms with Crippen LogP contribution in [0.5, 0.6) is 0 Å². The Labute approximate surface area is 93.8 Å². The summed E-state index contributed by atoms with van der Waals surface area (Å²) in [6.45, 7) is 6.44. The van der Waals surface area contributed by atoms with Crippen molar-refractivity contribution in [1.82, 2.24) is 0 Å². The Morgan fingerprint density at radius 1 is 1.00 bits per heavy atom. The average molecular weight is 311 g/mol. The second-order valence-corrected chi connectivity index (χ2v) is 12.9. The fraction of sp³-hybridized carbons (Fsp3) is 1.00. The van der Waals surface area contributed by atoms with Crippen LogP contribution in [-0.4, -0.2) is 29.5 Å². The predicted molar refractivity (Wildman–Crippen MR) is 65.5 cm³/mol. The summed E-state index contributed by atoms with van der Waals surface area (Å²) in [5.41, 5.74) is 0. The van der Waals surface area contributed by atoms with Crippen molar-refractivity contribution in [3.05, 3.63) is 0 Å². The molecule has 3 heteroatoms. The third-order valence-corrected chi connectivity index (χ3v) is 9.56. The predicted octanol–water partition coefficient (Wildman–Crippen LogP) is 3.77. The van der Waals surface area contributed by atoms with Gasteiger partial charge in [0.2, 0.25) is 0 Å². The van der Waals surface area contributed by atoms with E-state index in [1.54, 1.807) is 6.92 Å². The fourth-order valence-electron chi connectivity index (χ4n) is 0.873. The van der Waals surface area contributed by atoms with E-state index in [1.807, 2.05) is 0 Å². The van der Waals surface area contributed by atoms with Crippen LogP contribution in [0.2, 0.25) is 8.87 Å². The van der Waals surface area contributed by atoms with Crippen LogP contribution in [0.1, 0.15) is 46.5 Å². The van der Waals surface area contributed by atoms with Gasteiger partial charge in [0.25, 0.3) is 0 Å². The second-order valence-electron chi connectivity index (χ2n) is 3.06. The molecule has 0 fully saturated rings. The van der Waals surface area contributed by atoms with Gasteiger partial charge in [-0.1, -0.05) is 0 Å². The quantitative estimate of drug-likeness (QED) is 0.754. The van der Waals surface area contributed by atoms with Gasteiger partial charge < -0.3 is 5.11 Å². The third kappa shape index (κ3) is 19.4. The molecule has 0 atom stereocenters. The number of aliphatic hydroxyl groups is 1. The van der Waals surface area contributed by atoms with E-state index in [9.17, 15) is 0 Å². The molecule has 1 N–H and O–H groups in total. The molecule has 0 unspecified atom stereocenters. The molecule has 0 aromatic heterocycles. The Morgan fingerprint density at radius 2 is 1.31 bits per heavy atom. The number of rotatable bonds is 6. The van der Waals surface area contributed by atoms with Gasteiger partial charge in [-0.2, -0.15) is 0 Å². The summed E-state index contributed by atoms with van der Waals surface area (Å²) in [6.07, 6.45) is 5.49. The van der Waals surface area contributed by atoms with Gasteiger partial charge in [-0.3, -0.25) is 0 Å². The molecular formula is C10H24OSSn. The molecule has 13 heavy (non-hydrogen) atoms. The number of aliphatic hydroxyl groups excluding tert-OH is 1. The molecule has 0 bridgehead atoms. The molecule has 0 saturated heterocycles. The van der Waals surface area contributed by atoms with Gasteiger partial charge in [-0.25, -0.2) is 0 Å². The largest absolute Gasteiger partial charge is 0.397 e. The summed E-state index contributed by atoms with van der Waals surface area (Å²) in [4.78, 5) is 0. The summed E-state index contributed by atoms with van der Waals surface area (Å²) >= 11 is -1.16. The zero-order valence-corrected chi connectivity index (χ0v) is 13.0. The summed E-state index contributed by atoms with van der Waals surface area (Å²) in [5.74, 6) is 0. The molecule has 80 valence electrons. The van der Waals surface area contributed by atoms with Gasteiger partial charge in [0, 0.05) is 6.61 Å². The van der Waals surface area contributed by atoms with Crippen LogP contribution >= 0.6 is 9.29 Å². The molecule has 0 aromatic rings. The van der Waals surface area contributed by atoms with E-state index in [1.165, 1.54) is 34.6 Å². The van der Waals surface area contributed by atoms with Gasteiger partial charge in [-0.05, 0) is 6.92 Å². The Hall–Kier alpha value is 0.979. The SMILES string of the molecule is CCC[CH2][Sn](=[S])[CH2]CCC.CCO. The van der Waals surface area contributed by atoms with Gasteiger partial charge in [0.1, 0.15) is 0 Å². The molecule has 0 aliphatic heterocycles. The monoisotopic (exact) mass is 312 g/mol. The minimum absolute atomic E-state index is 0.250. The molecule has 0 aliphatic rings. The Kier molecular flexibility index (Phi) is 19.5. The van der Waals surface area contributed by atoms with Gasteiger partial charge in [0.15, 0.2) is 0 Å². The van der Waals surface area contributed by atoms with Crippen molar-refractivity contribution in [2.75, 3.05) is 6.61 Å².